The van der Waals surface area contributed by atoms with Gasteiger partial charge in [-0.2, -0.15) is 5.26 Å². The van der Waals surface area contributed by atoms with Crippen molar-refractivity contribution < 1.29 is 14.1 Å². The van der Waals surface area contributed by atoms with Crippen LogP contribution in [-0.4, -0.2) is 11.2 Å². The molecule has 4 rings (SSSR count). The van der Waals surface area contributed by atoms with E-state index < -0.39 is 12.2 Å². The standard InChI is InChI=1S/C26H21N3O3/c1-17-24(28-26(30)31-18(2)23-11-7-6-10-22(23)16-27)25(32-29-17)21-14-12-20(13-15-21)19-8-4-3-5-9-19/h3-15,18H,1-2H3,(H,28,30)/t18-/m1/s1. The van der Waals surface area contributed by atoms with Crippen molar-refractivity contribution in [2.75, 3.05) is 5.32 Å². The zero-order chi connectivity index (χ0) is 22.5. The molecule has 0 aliphatic rings. The molecule has 0 fully saturated rings. The molecular formula is C26H21N3O3. The minimum Gasteiger partial charge on any atom is -0.441 e. The number of amides is 1. The van der Waals surface area contributed by atoms with Crippen molar-refractivity contribution in [3.05, 3.63) is 95.7 Å². The lowest BCUT2D eigenvalue weighted by Crippen LogP contribution is -2.17. The summed E-state index contributed by atoms with van der Waals surface area (Å²) in [6.07, 6.45) is -1.25. The number of nitrogens with zero attached hydrogens (tertiary/aromatic N) is 2. The number of aryl methyl sites for hydroxylation is 1. The van der Waals surface area contributed by atoms with Crippen LogP contribution in [0.15, 0.2) is 83.4 Å². The second-order valence-electron chi connectivity index (χ2n) is 7.29. The molecular weight excluding hydrogens is 402 g/mol. The molecule has 32 heavy (non-hydrogen) atoms. The Balaban J connectivity index is 1.52. The maximum atomic E-state index is 12.6. The highest BCUT2D eigenvalue weighted by atomic mass is 16.6. The number of nitriles is 1. The Morgan fingerprint density at radius 3 is 2.31 bits per heavy atom. The van der Waals surface area contributed by atoms with E-state index in [-0.39, 0.29) is 0 Å². The van der Waals surface area contributed by atoms with E-state index in [9.17, 15) is 10.1 Å². The maximum Gasteiger partial charge on any atom is 0.412 e. The summed E-state index contributed by atoms with van der Waals surface area (Å²) in [5, 5.41) is 16.0. The highest BCUT2D eigenvalue weighted by Crippen LogP contribution is 2.33. The molecule has 1 aromatic heterocycles. The van der Waals surface area contributed by atoms with E-state index in [0.29, 0.717) is 28.3 Å². The van der Waals surface area contributed by atoms with Crippen LogP contribution in [0.2, 0.25) is 0 Å². The molecule has 1 N–H and O–H groups in total. The van der Waals surface area contributed by atoms with Crippen LogP contribution in [0.25, 0.3) is 22.5 Å². The molecule has 0 saturated carbocycles. The third kappa shape index (κ3) is 4.37. The molecule has 0 saturated heterocycles. The fourth-order valence-corrected chi connectivity index (χ4v) is 3.47. The molecule has 1 atom stereocenters. The molecule has 3 aromatic carbocycles. The first kappa shape index (κ1) is 20.9. The zero-order valence-electron chi connectivity index (χ0n) is 17.7. The maximum absolute atomic E-state index is 12.6. The summed E-state index contributed by atoms with van der Waals surface area (Å²) in [7, 11) is 0. The van der Waals surface area contributed by atoms with Crippen molar-refractivity contribution in [1.29, 1.82) is 5.26 Å². The van der Waals surface area contributed by atoms with Gasteiger partial charge in [-0.3, -0.25) is 5.32 Å². The van der Waals surface area contributed by atoms with Crippen LogP contribution in [0.4, 0.5) is 10.5 Å². The van der Waals surface area contributed by atoms with Crippen LogP contribution in [-0.2, 0) is 4.74 Å². The largest absolute Gasteiger partial charge is 0.441 e. The fraction of sp³-hybridized carbons (Fsp3) is 0.115. The van der Waals surface area contributed by atoms with E-state index in [1.807, 2.05) is 54.6 Å². The van der Waals surface area contributed by atoms with Crippen molar-refractivity contribution in [3.8, 4) is 28.5 Å². The van der Waals surface area contributed by atoms with Crippen molar-refractivity contribution in [2.24, 2.45) is 0 Å². The number of benzene rings is 3. The average Bonchev–Trinajstić information content (AvgIpc) is 3.19. The van der Waals surface area contributed by atoms with Gasteiger partial charge in [0.1, 0.15) is 17.5 Å². The number of aromatic nitrogens is 1. The second-order valence-corrected chi connectivity index (χ2v) is 7.29. The van der Waals surface area contributed by atoms with Gasteiger partial charge >= 0.3 is 6.09 Å². The highest BCUT2D eigenvalue weighted by Gasteiger charge is 2.20. The number of anilines is 1. The van der Waals surface area contributed by atoms with Gasteiger partial charge in [-0.1, -0.05) is 78.0 Å². The van der Waals surface area contributed by atoms with Gasteiger partial charge in [-0.25, -0.2) is 4.79 Å². The number of hydrogen-bond donors (Lipinski definition) is 1. The van der Waals surface area contributed by atoms with Crippen LogP contribution in [0.1, 0.15) is 29.8 Å². The molecule has 0 aliphatic carbocycles. The first-order valence-electron chi connectivity index (χ1n) is 10.2. The Labute approximate surface area is 186 Å². The van der Waals surface area contributed by atoms with Gasteiger partial charge in [-0.15, -0.1) is 0 Å². The topological polar surface area (TPSA) is 88.2 Å². The predicted octanol–water partition coefficient (Wildman–Crippen LogP) is 6.50. The summed E-state index contributed by atoms with van der Waals surface area (Å²) in [5.74, 6) is 0.448. The Kier molecular flexibility index (Phi) is 6.00. The fourth-order valence-electron chi connectivity index (χ4n) is 3.47. The molecule has 1 heterocycles. The summed E-state index contributed by atoms with van der Waals surface area (Å²) < 4.78 is 11.0. The van der Waals surface area contributed by atoms with Gasteiger partial charge < -0.3 is 9.26 Å². The third-order valence-corrected chi connectivity index (χ3v) is 5.15. The zero-order valence-corrected chi connectivity index (χ0v) is 17.7. The van der Waals surface area contributed by atoms with E-state index in [0.717, 1.165) is 16.7 Å². The second kappa shape index (κ2) is 9.19. The molecule has 0 aliphatic heterocycles. The summed E-state index contributed by atoms with van der Waals surface area (Å²) in [5.41, 5.74) is 5.06. The Morgan fingerprint density at radius 1 is 0.969 bits per heavy atom. The van der Waals surface area contributed by atoms with E-state index in [4.69, 9.17) is 9.26 Å². The number of ether oxygens (including phenoxy) is 1. The summed E-state index contributed by atoms with van der Waals surface area (Å²) in [6.45, 7) is 3.47. The molecule has 0 unspecified atom stereocenters. The first-order chi connectivity index (χ1) is 15.6. The molecule has 0 bridgehead atoms. The first-order valence-corrected chi connectivity index (χ1v) is 10.2. The predicted molar refractivity (Wildman–Crippen MR) is 122 cm³/mol. The summed E-state index contributed by atoms with van der Waals surface area (Å²) in [6, 6.07) is 27.0. The van der Waals surface area contributed by atoms with Crippen molar-refractivity contribution in [1.82, 2.24) is 5.16 Å². The lowest BCUT2D eigenvalue weighted by Gasteiger charge is -2.15. The van der Waals surface area contributed by atoms with Gasteiger partial charge in [0.25, 0.3) is 0 Å². The minimum absolute atomic E-state index is 0.447. The molecule has 6 heteroatoms. The van der Waals surface area contributed by atoms with Crippen molar-refractivity contribution in [3.63, 3.8) is 0 Å². The lowest BCUT2D eigenvalue weighted by molar-refractivity contribution is 0.121. The van der Waals surface area contributed by atoms with E-state index in [1.165, 1.54) is 0 Å². The molecule has 0 spiro atoms. The Morgan fingerprint density at radius 2 is 1.59 bits per heavy atom. The number of rotatable bonds is 5. The van der Waals surface area contributed by atoms with Crippen LogP contribution in [0.5, 0.6) is 0 Å². The van der Waals surface area contributed by atoms with Gasteiger partial charge in [0.05, 0.1) is 11.6 Å². The number of nitrogens with one attached hydrogen (secondary N) is 1. The average molecular weight is 423 g/mol. The monoisotopic (exact) mass is 423 g/mol. The molecule has 158 valence electrons. The smallest absolute Gasteiger partial charge is 0.412 e. The van der Waals surface area contributed by atoms with Crippen LogP contribution in [0, 0.1) is 18.3 Å². The number of carbonyl (C=O) groups is 1. The van der Waals surface area contributed by atoms with Crippen molar-refractivity contribution in [2.45, 2.75) is 20.0 Å². The van der Waals surface area contributed by atoms with Crippen molar-refractivity contribution >= 4 is 11.8 Å². The Bertz CT molecular complexity index is 1270. The van der Waals surface area contributed by atoms with E-state index >= 15 is 0 Å². The molecule has 6 nitrogen and oxygen atoms in total. The van der Waals surface area contributed by atoms with Gasteiger partial charge in [0, 0.05) is 11.1 Å². The summed E-state index contributed by atoms with van der Waals surface area (Å²) in [4.78, 5) is 12.6. The normalized spacial score (nSPS) is 11.4. The van der Waals surface area contributed by atoms with E-state index in [2.05, 4.69) is 16.5 Å². The molecule has 1 amide bonds. The minimum atomic E-state index is -0.654. The number of hydrogen-bond acceptors (Lipinski definition) is 5. The van der Waals surface area contributed by atoms with Gasteiger partial charge in [0.2, 0.25) is 0 Å². The van der Waals surface area contributed by atoms with E-state index in [1.54, 1.807) is 38.1 Å². The van der Waals surface area contributed by atoms with Crippen LogP contribution in [0.3, 0.4) is 0 Å². The lowest BCUT2D eigenvalue weighted by atomic mass is 10.0. The SMILES string of the molecule is Cc1noc(-c2ccc(-c3ccccc3)cc2)c1NC(=O)O[C@H](C)c1ccccc1C#N. The third-order valence-electron chi connectivity index (χ3n) is 5.15. The Hall–Kier alpha value is -4.37. The van der Waals surface area contributed by atoms with Gasteiger partial charge in [0.15, 0.2) is 5.76 Å². The highest BCUT2D eigenvalue weighted by molar-refractivity contribution is 5.91. The summed E-state index contributed by atoms with van der Waals surface area (Å²) >= 11 is 0. The van der Waals surface area contributed by atoms with Gasteiger partial charge in [-0.05, 0) is 31.0 Å². The molecule has 0 radical (unpaired) electrons. The number of carbonyl (C=O) groups excluding carboxylic acids is 1. The molecule has 4 aromatic rings. The van der Waals surface area contributed by atoms with Crippen LogP contribution < -0.4 is 5.32 Å². The van der Waals surface area contributed by atoms with Crippen LogP contribution >= 0.6 is 0 Å². The quantitative estimate of drug-likeness (QED) is 0.396.